The molecule has 5 nitrogen and oxygen atoms in total. The molecule has 0 bridgehead atoms. The van der Waals surface area contributed by atoms with E-state index < -0.39 is 0 Å². The van der Waals surface area contributed by atoms with Gasteiger partial charge in [-0.05, 0) is 37.6 Å². The van der Waals surface area contributed by atoms with E-state index in [2.05, 4.69) is 15.3 Å². The highest BCUT2D eigenvalue weighted by Crippen LogP contribution is 2.27. The fraction of sp³-hybridized carbons (Fsp3) is 0.235. The number of oxazole rings is 1. The zero-order valence-electron chi connectivity index (χ0n) is 13.8. The van der Waals surface area contributed by atoms with Crippen molar-refractivity contribution in [1.29, 1.82) is 0 Å². The second-order valence-electron chi connectivity index (χ2n) is 5.57. The van der Waals surface area contributed by atoms with Crippen molar-refractivity contribution in [3.05, 3.63) is 62.6 Å². The second kappa shape index (κ2) is 6.93. The van der Waals surface area contributed by atoms with Crippen molar-refractivity contribution >= 4 is 33.8 Å². The van der Waals surface area contributed by atoms with Crippen LogP contribution in [0.5, 0.6) is 0 Å². The Kier molecular flexibility index (Phi) is 4.87. The maximum absolute atomic E-state index is 13.4. The van der Waals surface area contributed by atoms with Gasteiger partial charge < -0.3 is 9.73 Å². The van der Waals surface area contributed by atoms with Crippen LogP contribution in [0.1, 0.15) is 38.4 Å². The maximum atomic E-state index is 13.4. The van der Waals surface area contributed by atoms with Crippen molar-refractivity contribution < 1.29 is 13.6 Å². The molecule has 1 amide bonds. The number of amides is 1. The molecule has 0 spiro atoms. The quantitative estimate of drug-likeness (QED) is 0.713. The van der Waals surface area contributed by atoms with E-state index in [-0.39, 0.29) is 17.4 Å². The summed E-state index contributed by atoms with van der Waals surface area (Å²) in [6.07, 6.45) is 0.432. The van der Waals surface area contributed by atoms with Gasteiger partial charge in [0.05, 0.1) is 10.7 Å². The average molecular weight is 380 g/mol. The highest BCUT2D eigenvalue weighted by molar-refractivity contribution is 7.16. The number of carbonyl (C=O) groups excluding carboxylic acids is 1. The van der Waals surface area contributed by atoms with E-state index >= 15 is 0 Å². The van der Waals surface area contributed by atoms with Crippen LogP contribution in [0.2, 0.25) is 5.02 Å². The Bertz CT molecular complexity index is 931. The van der Waals surface area contributed by atoms with Crippen molar-refractivity contribution in [1.82, 2.24) is 9.97 Å². The Balaban J connectivity index is 1.78. The van der Waals surface area contributed by atoms with Crippen LogP contribution in [0, 0.1) is 26.6 Å². The molecule has 0 aliphatic carbocycles. The molecule has 1 N–H and O–H groups in total. The van der Waals surface area contributed by atoms with E-state index in [1.807, 2.05) is 0 Å². The Labute approximate surface area is 152 Å². The van der Waals surface area contributed by atoms with Crippen LogP contribution in [0.15, 0.2) is 22.6 Å². The van der Waals surface area contributed by atoms with E-state index in [9.17, 15) is 9.18 Å². The maximum Gasteiger partial charge on any atom is 0.278 e. The minimum absolute atomic E-state index is 0.253. The number of nitrogens with zero attached hydrogens (tertiary/aromatic N) is 2. The van der Waals surface area contributed by atoms with Crippen LogP contribution in [-0.2, 0) is 6.42 Å². The van der Waals surface area contributed by atoms with Gasteiger partial charge >= 0.3 is 0 Å². The predicted octanol–water partition coefficient (Wildman–Crippen LogP) is 4.69. The van der Waals surface area contributed by atoms with Crippen LogP contribution in [0.25, 0.3) is 0 Å². The fourth-order valence-electron chi connectivity index (χ4n) is 2.43. The van der Waals surface area contributed by atoms with Gasteiger partial charge in [-0.3, -0.25) is 4.79 Å². The van der Waals surface area contributed by atoms with Crippen molar-refractivity contribution in [2.24, 2.45) is 0 Å². The molecule has 3 rings (SSSR count). The molecule has 2 aromatic heterocycles. The molecule has 0 aliphatic rings. The molecule has 0 radical (unpaired) electrons. The summed E-state index contributed by atoms with van der Waals surface area (Å²) in [5.74, 6) is 0.168. The average Bonchev–Trinajstić information content (AvgIpc) is 3.00. The van der Waals surface area contributed by atoms with Gasteiger partial charge in [0, 0.05) is 18.4 Å². The third-order valence-electron chi connectivity index (χ3n) is 3.46. The second-order valence-corrected chi connectivity index (χ2v) is 7.09. The molecule has 0 unspecified atom stereocenters. The van der Waals surface area contributed by atoms with Gasteiger partial charge in [0.2, 0.25) is 0 Å². The third-order valence-corrected chi connectivity index (χ3v) is 4.76. The first-order valence-corrected chi connectivity index (χ1v) is 8.68. The van der Waals surface area contributed by atoms with E-state index in [0.717, 1.165) is 10.6 Å². The summed E-state index contributed by atoms with van der Waals surface area (Å²) in [6, 6.07) is 4.37. The Morgan fingerprint density at radius 1 is 1.28 bits per heavy atom. The van der Waals surface area contributed by atoms with E-state index in [0.29, 0.717) is 33.8 Å². The third kappa shape index (κ3) is 4.05. The van der Waals surface area contributed by atoms with Gasteiger partial charge in [-0.25, -0.2) is 14.4 Å². The van der Waals surface area contributed by atoms with Crippen molar-refractivity contribution in [2.75, 3.05) is 5.32 Å². The number of rotatable bonds is 4. The van der Waals surface area contributed by atoms with E-state index in [1.54, 1.807) is 26.8 Å². The number of carbonyl (C=O) groups is 1. The molecule has 2 heterocycles. The SMILES string of the molecule is Cc1nc(C(=O)Nc2sc(Cc3cc(F)cc(Cl)c3)nc2C)c(C)o1. The zero-order valence-corrected chi connectivity index (χ0v) is 15.4. The number of aromatic nitrogens is 2. The van der Waals surface area contributed by atoms with Gasteiger partial charge in [0.25, 0.3) is 5.91 Å². The van der Waals surface area contributed by atoms with Gasteiger partial charge in [0.15, 0.2) is 11.6 Å². The van der Waals surface area contributed by atoms with Crippen LogP contribution < -0.4 is 5.32 Å². The lowest BCUT2D eigenvalue weighted by Crippen LogP contribution is -2.13. The number of hydrogen-bond donors (Lipinski definition) is 1. The first-order chi connectivity index (χ1) is 11.8. The highest BCUT2D eigenvalue weighted by atomic mass is 35.5. The first-order valence-electron chi connectivity index (χ1n) is 7.48. The lowest BCUT2D eigenvalue weighted by Gasteiger charge is -2.01. The standard InChI is InChI=1S/C17H15ClFN3O2S/c1-8-17(22-16(23)15-9(2)24-10(3)21-15)25-14(20-8)6-11-4-12(18)7-13(19)5-11/h4-5,7H,6H2,1-3H3,(H,22,23). The molecule has 3 aromatic rings. The molecule has 0 fully saturated rings. The normalized spacial score (nSPS) is 10.9. The minimum atomic E-state index is -0.388. The molecule has 8 heteroatoms. The number of halogens is 2. The molecule has 1 aromatic carbocycles. The summed E-state index contributed by atoms with van der Waals surface area (Å²) in [5, 5.41) is 4.53. The van der Waals surface area contributed by atoms with E-state index in [1.165, 1.54) is 23.5 Å². The number of hydrogen-bond acceptors (Lipinski definition) is 5. The van der Waals surface area contributed by atoms with Crippen LogP contribution in [0.3, 0.4) is 0 Å². The van der Waals surface area contributed by atoms with Gasteiger partial charge in [-0.1, -0.05) is 11.6 Å². The van der Waals surface area contributed by atoms with Crippen LogP contribution in [-0.4, -0.2) is 15.9 Å². The number of benzene rings is 1. The fourth-order valence-corrected chi connectivity index (χ4v) is 3.67. The monoisotopic (exact) mass is 379 g/mol. The number of thiazole rings is 1. The molecule has 25 heavy (non-hydrogen) atoms. The smallest absolute Gasteiger partial charge is 0.278 e. The van der Waals surface area contributed by atoms with Crippen molar-refractivity contribution in [3.8, 4) is 0 Å². The predicted molar refractivity (Wildman–Crippen MR) is 95.0 cm³/mol. The molecule has 0 aliphatic heterocycles. The molecular formula is C17H15ClFN3O2S. The number of nitrogens with one attached hydrogen (secondary N) is 1. The highest BCUT2D eigenvalue weighted by Gasteiger charge is 2.18. The van der Waals surface area contributed by atoms with Gasteiger partial charge in [-0.15, -0.1) is 11.3 Å². The van der Waals surface area contributed by atoms with Crippen LogP contribution in [0.4, 0.5) is 9.39 Å². The summed E-state index contributed by atoms with van der Waals surface area (Å²) in [4.78, 5) is 20.8. The lowest BCUT2D eigenvalue weighted by molar-refractivity contribution is 0.102. The lowest BCUT2D eigenvalue weighted by atomic mass is 10.1. The topological polar surface area (TPSA) is 68.0 Å². The van der Waals surface area contributed by atoms with Crippen molar-refractivity contribution in [3.63, 3.8) is 0 Å². The molecule has 130 valence electrons. The zero-order chi connectivity index (χ0) is 18.1. The van der Waals surface area contributed by atoms with Gasteiger partial charge in [0.1, 0.15) is 16.6 Å². The minimum Gasteiger partial charge on any atom is -0.445 e. The molecular weight excluding hydrogens is 365 g/mol. The summed E-state index contributed by atoms with van der Waals surface area (Å²) >= 11 is 7.21. The molecule has 0 atom stereocenters. The first kappa shape index (κ1) is 17.6. The molecule has 0 saturated carbocycles. The Morgan fingerprint density at radius 2 is 2.04 bits per heavy atom. The Morgan fingerprint density at radius 3 is 2.68 bits per heavy atom. The van der Waals surface area contributed by atoms with E-state index in [4.69, 9.17) is 16.0 Å². The summed E-state index contributed by atoms with van der Waals surface area (Å²) in [7, 11) is 0. The summed E-state index contributed by atoms with van der Waals surface area (Å²) < 4.78 is 18.7. The number of aryl methyl sites for hydroxylation is 3. The van der Waals surface area contributed by atoms with Crippen molar-refractivity contribution in [2.45, 2.75) is 27.2 Å². The summed E-state index contributed by atoms with van der Waals surface area (Å²) in [5.41, 5.74) is 1.66. The largest absolute Gasteiger partial charge is 0.445 e. The summed E-state index contributed by atoms with van der Waals surface area (Å²) in [6.45, 7) is 5.17. The molecule has 0 saturated heterocycles. The Hall–Kier alpha value is -2.25. The van der Waals surface area contributed by atoms with Crippen LogP contribution >= 0.6 is 22.9 Å². The number of anilines is 1. The van der Waals surface area contributed by atoms with Gasteiger partial charge in [-0.2, -0.15) is 0 Å².